The molecule has 0 amide bonds. The van der Waals surface area contributed by atoms with Gasteiger partial charge in [-0.25, -0.2) is 4.39 Å². The van der Waals surface area contributed by atoms with Gasteiger partial charge in [-0.15, -0.1) is 0 Å². The van der Waals surface area contributed by atoms with E-state index in [1.54, 1.807) is 12.1 Å². The fourth-order valence-electron chi connectivity index (χ4n) is 0.760. The molecule has 0 aliphatic carbocycles. The number of halogens is 2. The van der Waals surface area contributed by atoms with Crippen LogP contribution in [0.4, 0.5) is 4.39 Å². The zero-order valence-corrected chi connectivity index (χ0v) is 7.85. The van der Waals surface area contributed by atoms with Gasteiger partial charge in [0.15, 0.2) is 0 Å². The summed E-state index contributed by atoms with van der Waals surface area (Å²) in [6.45, 7) is 2.02. The van der Waals surface area contributed by atoms with Gasteiger partial charge in [0, 0.05) is 3.57 Å². The first-order valence-electron chi connectivity index (χ1n) is 3.18. The Morgan fingerprint density at radius 1 is 1.50 bits per heavy atom. The van der Waals surface area contributed by atoms with Gasteiger partial charge in [-0.3, -0.25) is 0 Å². The van der Waals surface area contributed by atoms with Crippen LogP contribution in [-0.4, -0.2) is 0 Å². The average molecular weight is 250 g/mol. The highest BCUT2D eigenvalue weighted by Crippen LogP contribution is 2.12. The molecule has 0 nitrogen and oxygen atoms in total. The number of rotatable bonds is 1. The molecule has 0 atom stereocenters. The Kier molecular flexibility index (Phi) is 2.65. The van der Waals surface area contributed by atoms with Crippen LogP contribution in [0.15, 0.2) is 18.2 Å². The van der Waals surface area contributed by atoms with Crippen LogP contribution in [0.1, 0.15) is 12.5 Å². The second-order valence-corrected chi connectivity index (χ2v) is 3.26. The van der Waals surface area contributed by atoms with E-state index in [2.05, 4.69) is 0 Å². The minimum absolute atomic E-state index is 0.111. The zero-order valence-electron chi connectivity index (χ0n) is 5.70. The lowest BCUT2D eigenvalue weighted by molar-refractivity contribution is 0.618. The Bertz CT molecular complexity index is 233. The first kappa shape index (κ1) is 7.98. The molecule has 0 aromatic heterocycles. The Hall–Kier alpha value is -0.120. The number of hydrogen-bond acceptors (Lipinski definition) is 0. The number of aryl methyl sites for hydroxylation is 1. The summed E-state index contributed by atoms with van der Waals surface area (Å²) in [7, 11) is 0. The summed E-state index contributed by atoms with van der Waals surface area (Å²) < 4.78 is 13.4. The second kappa shape index (κ2) is 3.32. The monoisotopic (exact) mass is 250 g/mol. The van der Waals surface area contributed by atoms with Gasteiger partial charge in [0.2, 0.25) is 0 Å². The van der Waals surface area contributed by atoms with Crippen LogP contribution in [-0.2, 0) is 6.42 Å². The van der Waals surface area contributed by atoms with E-state index in [4.69, 9.17) is 0 Å². The molecule has 0 unspecified atom stereocenters. The highest BCUT2D eigenvalue weighted by atomic mass is 127. The molecule has 10 heavy (non-hydrogen) atoms. The molecule has 54 valence electrons. The van der Waals surface area contributed by atoms with Crippen LogP contribution in [0, 0.1) is 9.39 Å². The SMILES string of the molecule is CCc1ccc(I)c(F)c1. The molecule has 1 aromatic carbocycles. The summed E-state index contributed by atoms with van der Waals surface area (Å²) in [6.07, 6.45) is 0.897. The van der Waals surface area contributed by atoms with Crippen LogP contribution >= 0.6 is 22.6 Å². The maximum atomic E-state index is 12.8. The van der Waals surface area contributed by atoms with Crippen molar-refractivity contribution in [1.82, 2.24) is 0 Å². The molecule has 0 N–H and O–H groups in total. The molecule has 0 aliphatic heterocycles. The van der Waals surface area contributed by atoms with Gasteiger partial charge in [-0.2, -0.15) is 0 Å². The summed E-state index contributed by atoms with van der Waals surface area (Å²) in [5, 5.41) is 0. The van der Waals surface area contributed by atoms with E-state index in [-0.39, 0.29) is 5.82 Å². The molecular weight excluding hydrogens is 242 g/mol. The second-order valence-electron chi connectivity index (χ2n) is 2.10. The fourth-order valence-corrected chi connectivity index (χ4v) is 1.10. The van der Waals surface area contributed by atoms with Gasteiger partial charge < -0.3 is 0 Å². The van der Waals surface area contributed by atoms with Crippen molar-refractivity contribution in [3.63, 3.8) is 0 Å². The van der Waals surface area contributed by atoms with Crippen molar-refractivity contribution in [2.75, 3.05) is 0 Å². The first-order valence-corrected chi connectivity index (χ1v) is 4.26. The Balaban J connectivity index is 3.04. The molecule has 0 radical (unpaired) electrons. The van der Waals surface area contributed by atoms with Crippen LogP contribution in [0.5, 0.6) is 0 Å². The minimum Gasteiger partial charge on any atom is -0.206 e. The maximum Gasteiger partial charge on any atom is 0.136 e. The van der Waals surface area contributed by atoms with Gasteiger partial charge in [-0.05, 0) is 46.7 Å². The van der Waals surface area contributed by atoms with Crippen LogP contribution in [0.3, 0.4) is 0 Å². The molecule has 0 saturated heterocycles. The molecule has 1 aromatic rings. The predicted octanol–water partition coefficient (Wildman–Crippen LogP) is 2.99. The van der Waals surface area contributed by atoms with Crippen molar-refractivity contribution < 1.29 is 4.39 Å². The molecule has 0 spiro atoms. The van der Waals surface area contributed by atoms with Crippen LogP contribution in [0.2, 0.25) is 0 Å². The summed E-state index contributed by atoms with van der Waals surface area (Å²) >= 11 is 1.98. The Morgan fingerprint density at radius 2 is 2.20 bits per heavy atom. The predicted molar refractivity (Wildman–Crippen MR) is 48.5 cm³/mol. The molecule has 2 heteroatoms. The van der Waals surface area contributed by atoms with Crippen molar-refractivity contribution in [3.8, 4) is 0 Å². The lowest BCUT2D eigenvalue weighted by Crippen LogP contribution is -1.85. The normalized spacial score (nSPS) is 9.90. The molecule has 0 heterocycles. The third kappa shape index (κ3) is 1.68. The molecule has 0 fully saturated rings. The average Bonchev–Trinajstić information content (AvgIpc) is 1.95. The smallest absolute Gasteiger partial charge is 0.136 e. The van der Waals surface area contributed by atoms with E-state index in [0.29, 0.717) is 3.57 Å². The van der Waals surface area contributed by atoms with Gasteiger partial charge in [0.1, 0.15) is 5.82 Å². The van der Waals surface area contributed by atoms with Crippen molar-refractivity contribution in [2.45, 2.75) is 13.3 Å². The summed E-state index contributed by atoms with van der Waals surface area (Å²) in [5.74, 6) is -0.111. The molecule has 0 saturated carbocycles. The zero-order chi connectivity index (χ0) is 7.56. The highest BCUT2D eigenvalue weighted by Gasteiger charge is 1.97. The fraction of sp³-hybridized carbons (Fsp3) is 0.250. The largest absolute Gasteiger partial charge is 0.206 e. The van der Waals surface area contributed by atoms with Gasteiger partial charge in [0.05, 0.1) is 0 Å². The topological polar surface area (TPSA) is 0 Å². The maximum absolute atomic E-state index is 12.8. The molecular formula is C8H8FI. The molecule has 0 bridgehead atoms. The lowest BCUT2D eigenvalue weighted by atomic mass is 10.2. The summed E-state index contributed by atoms with van der Waals surface area (Å²) in [5.41, 5.74) is 1.05. The van der Waals surface area contributed by atoms with E-state index >= 15 is 0 Å². The van der Waals surface area contributed by atoms with E-state index in [1.165, 1.54) is 0 Å². The van der Waals surface area contributed by atoms with Gasteiger partial charge in [-0.1, -0.05) is 13.0 Å². The van der Waals surface area contributed by atoms with Crippen molar-refractivity contribution in [1.29, 1.82) is 0 Å². The standard InChI is InChI=1S/C8H8FI/c1-2-6-3-4-8(10)7(9)5-6/h3-5H,2H2,1H3. The number of benzene rings is 1. The van der Waals surface area contributed by atoms with E-state index in [1.807, 2.05) is 35.6 Å². The quantitative estimate of drug-likeness (QED) is 0.672. The summed E-state index contributed by atoms with van der Waals surface area (Å²) in [6, 6.07) is 5.33. The molecule has 1 rings (SSSR count). The third-order valence-electron chi connectivity index (χ3n) is 1.39. The van der Waals surface area contributed by atoms with Crippen molar-refractivity contribution in [2.24, 2.45) is 0 Å². The highest BCUT2D eigenvalue weighted by molar-refractivity contribution is 14.1. The van der Waals surface area contributed by atoms with E-state index in [0.717, 1.165) is 12.0 Å². The van der Waals surface area contributed by atoms with E-state index in [9.17, 15) is 4.39 Å². The van der Waals surface area contributed by atoms with Crippen molar-refractivity contribution in [3.05, 3.63) is 33.1 Å². The van der Waals surface area contributed by atoms with Crippen LogP contribution in [0.25, 0.3) is 0 Å². The third-order valence-corrected chi connectivity index (χ3v) is 2.27. The van der Waals surface area contributed by atoms with Gasteiger partial charge in [0.25, 0.3) is 0 Å². The Labute approximate surface area is 73.6 Å². The lowest BCUT2D eigenvalue weighted by Gasteiger charge is -1.96. The van der Waals surface area contributed by atoms with Gasteiger partial charge >= 0.3 is 0 Å². The van der Waals surface area contributed by atoms with E-state index < -0.39 is 0 Å². The minimum atomic E-state index is -0.111. The van der Waals surface area contributed by atoms with Crippen LogP contribution < -0.4 is 0 Å². The Morgan fingerprint density at radius 3 is 2.70 bits per heavy atom. The van der Waals surface area contributed by atoms with Crippen molar-refractivity contribution >= 4 is 22.6 Å². The first-order chi connectivity index (χ1) is 4.74. The molecule has 0 aliphatic rings. The number of hydrogen-bond donors (Lipinski definition) is 0. The summed E-state index contributed by atoms with van der Waals surface area (Å²) in [4.78, 5) is 0.